The first-order chi connectivity index (χ1) is 7.65. The van der Waals surface area contributed by atoms with E-state index in [4.69, 9.17) is 10.5 Å². The topological polar surface area (TPSA) is 64.3 Å². The maximum Gasteiger partial charge on any atom is 0.234 e. The Bertz CT molecular complexity index is 226. The fourth-order valence-corrected chi connectivity index (χ4v) is 3.15. The van der Waals surface area contributed by atoms with Crippen LogP contribution in [0.1, 0.15) is 26.7 Å². The van der Waals surface area contributed by atoms with Crippen molar-refractivity contribution in [2.45, 2.75) is 44.1 Å². The molecule has 1 rings (SSSR count). The Kier molecular flexibility index (Phi) is 6.16. The highest BCUT2D eigenvalue weighted by Gasteiger charge is 2.24. The van der Waals surface area contributed by atoms with Crippen molar-refractivity contribution in [2.24, 2.45) is 5.73 Å². The summed E-state index contributed by atoms with van der Waals surface area (Å²) in [4.78, 5) is 11.1. The average Bonchev–Trinajstić information content (AvgIpc) is 2.63. The summed E-state index contributed by atoms with van der Waals surface area (Å²) in [6.45, 7) is 5.74. The van der Waals surface area contributed by atoms with Crippen molar-refractivity contribution in [3.05, 3.63) is 0 Å². The van der Waals surface area contributed by atoms with Gasteiger partial charge in [0, 0.05) is 11.9 Å². The average molecular weight is 246 g/mol. The summed E-state index contributed by atoms with van der Waals surface area (Å²) in [6, 6.07) is -0.185. The van der Waals surface area contributed by atoms with Crippen LogP contribution < -0.4 is 11.1 Å². The molecule has 0 aromatic rings. The molecule has 0 spiro atoms. The Morgan fingerprint density at radius 2 is 2.44 bits per heavy atom. The lowest BCUT2D eigenvalue weighted by atomic mass is 10.2. The lowest BCUT2D eigenvalue weighted by molar-refractivity contribution is -0.120. The highest BCUT2D eigenvalue weighted by molar-refractivity contribution is 7.99. The number of carbonyl (C=O) groups is 1. The first kappa shape index (κ1) is 13.8. The van der Waals surface area contributed by atoms with Crippen LogP contribution in [0.4, 0.5) is 0 Å². The van der Waals surface area contributed by atoms with Gasteiger partial charge in [0.1, 0.15) is 0 Å². The van der Waals surface area contributed by atoms with E-state index in [1.807, 2.05) is 18.7 Å². The van der Waals surface area contributed by atoms with Crippen LogP contribution in [0.25, 0.3) is 0 Å². The number of ether oxygens (including phenoxy) is 1. The molecule has 0 bridgehead atoms. The molecule has 94 valence electrons. The number of hydrogen-bond acceptors (Lipinski definition) is 4. The second-order valence-corrected chi connectivity index (χ2v) is 5.42. The molecule has 3 N–H and O–H groups in total. The molecule has 0 radical (unpaired) electrons. The Balaban J connectivity index is 2.19. The number of rotatable bonds is 7. The van der Waals surface area contributed by atoms with Gasteiger partial charge < -0.3 is 15.8 Å². The van der Waals surface area contributed by atoms with Crippen molar-refractivity contribution in [1.29, 1.82) is 0 Å². The first-order valence-electron chi connectivity index (χ1n) is 5.91. The highest BCUT2D eigenvalue weighted by Crippen LogP contribution is 2.26. The summed E-state index contributed by atoms with van der Waals surface area (Å²) < 4.78 is 5.49. The summed E-state index contributed by atoms with van der Waals surface area (Å²) in [5, 5.41) is 3.68. The van der Waals surface area contributed by atoms with Gasteiger partial charge in [-0.25, -0.2) is 0 Å². The van der Waals surface area contributed by atoms with Gasteiger partial charge in [0.25, 0.3) is 0 Å². The van der Waals surface area contributed by atoms with E-state index >= 15 is 0 Å². The number of nitrogens with two attached hydrogens (primary N) is 1. The van der Waals surface area contributed by atoms with Gasteiger partial charge in [0.15, 0.2) is 0 Å². The van der Waals surface area contributed by atoms with Crippen molar-refractivity contribution in [3.63, 3.8) is 0 Å². The maximum atomic E-state index is 11.1. The monoisotopic (exact) mass is 246 g/mol. The standard InChI is InChI=1S/C11H22N2O2S/c1-3-13-9(11(12)14)5-7-16-10-4-6-15-8(10)2/h8-10,13H,3-7H2,1-2H3,(H2,12,14). The van der Waals surface area contributed by atoms with Crippen molar-refractivity contribution in [2.75, 3.05) is 18.9 Å². The highest BCUT2D eigenvalue weighted by atomic mass is 32.2. The molecule has 1 aliphatic heterocycles. The normalized spacial score (nSPS) is 26.9. The van der Waals surface area contributed by atoms with Gasteiger partial charge >= 0.3 is 0 Å². The largest absolute Gasteiger partial charge is 0.377 e. The SMILES string of the molecule is CCNC(CCSC1CCOC1C)C(N)=O. The van der Waals surface area contributed by atoms with Crippen molar-refractivity contribution >= 4 is 17.7 Å². The number of thioether (sulfide) groups is 1. The van der Waals surface area contributed by atoms with Crippen molar-refractivity contribution in [3.8, 4) is 0 Å². The predicted molar refractivity (Wildman–Crippen MR) is 67.6 cm³/mol. The third-order valence-corrected chi connectivity index (χ3v) is 4.36. The van der Waals surface area contributed by atoms with Crippen LogP contribution in [0.5, 0.6) is 0 Å². The second kappa shape index (κ2) is 7.14. The van der Waals surface area contributed by atoms with Crippen LogP contribution >= 0.6 is 11.8 Å². The molecule has 1 saturated heterocycles. The van der Waals surface area contributed by atoms with E-state index in [1.54, 1.807) is 0 Å². The van der Waals surface area contributed by atoms with Gasteiger partial charge in [-0.3, -0.25) is 4.79 Å². The molecule has 1 heterocycles. The van der Waals surface area contributed by atoms with Crippen LogP contribution in [0, 0.1) is 0 Å². The molecule has 1 fully saturated rings. The van der Waals surface area contributed by atoms with E-state index in [2.05, 4.69) is 12.2 Å². The maximum absolute atomic E-state index is 11.1. The third kappa shape index (κ3) is 4.31. The molecule has 4 nitrogen and oxygen atoms in total. The van der Waals surface area contributed by atoms with E-state index in [1.165, 1.54) is 0 Å². The molecule has 1 aliphatic rings. The molecule has 16 heavy (non-hydrogen) atoms. The van der Waals surface area contributed by atoms with Crippen molar-refractivity contribution < 1.29 is 9.53 Å². The predicted octanol–water partition coefficient (Wildman–Crippen LogP) is 0.751. The summed E-state index contributed by atoms with van der Waals surface area (Å²) in [5.74, 6) is 0.706. The summed E-state index contributed by atoms with van der Waals surface area (Å²) >= 11 is 1.89. The molecule has 3 atom stereocenters. The zero-order valence-corrected chi connectivity index (χ0v) is 10.9. The summed E-state index contributed by atoms with van der Waals surface area (Å²) in [7, 11) is 0. The van der Waals surface area contributed by atoms with Gasteiger partial charge in [-0.05, 0) is 32.1 Å². The van der Waals surface area contributed by atoms with Crippen LogP contribution in [-0.2, 0) is 9.53 Å². The molecule has 0 aromatic carbocycles. The van der Waals surface area contributed by atoms with E-state index in [-0.39, 0.29) is 11.9 Å². The number of hydrogen-bond donors (Lipinski definition) is 2. The minimum absolute atomic E-state index is 0.185. The molecule has 0 aromatic heterocycles. The lowest BCUT2D eigenvalue weighted by Gasteiger charge is -2.17. The molecule has 3 unspecified atom stereocenters. The van der Waals surface area contributed by atoms with Gasteiger partial charge in [-0.15, -0.1) is 0 Å². The van der Waals surface area contributed by atoms with E-state index in [0.717, 1.165) is 31.7 Å². The Hall–Kier alpha value is -0.260. The second-order valence-electron chi connectivity index (χ2n) is 4.08. The smallest absolute Gasteiger partial charge is 0.234 e. The fraction of sp³-hybridized carbons (Fsp3) is 0.909. The van der Waals surface area contributed by atoms with E-state index in [9.17, 15) is 4.79 Å². The first-order valence-corrected chi connectivity index (χ1v) is 6.96. The van der Waals surface area contributed by atoms with Gasteiger partial charge in [-0.1, -0.05) is 6.92 Å². The summed E-state index contributed by atoms with van der Waals surface area (Å²) in [6.07, 6.45) is 2.27. The fourth-order valence-electron chi connectivity index (χ4n) is 1.86. The summed E-state index contributed by atoms with van der Waals surface area (Å²) in [5.41, 5.74) is 5.31. The van der Waals surface area contributed by atoms with Gasteiger partial charge in [0.05, 0.1) is 12.1 Å². The zero-order chi connectivity index (χ0) is 12.0. The Morgan fingerprint density at radius 3 is 2.94 bits per heavy atom. The van der Waals surface area contributed by atoms with Crippen molar-refractivity contribution in [1.82, 2.24) is 5.32 Å². The third-order valence-electron chi connectivity index (χ3n) is 2.84. The number of carbonyl (C=O) groups excluding carboxylic acids is 1. The quantitative estimate of drug-likeness (QED) is 0.696. The molecule has 1 amide bonds. The number of nitrogens with one attached hydrogen (secondary N) is 1. The van der Waals surface area contributed by atoms with Crippen LogP contribution in [0.15, 0.2) is 0 Å². The van der Waals surface area contributed by atoms with E-state index in [0.29, 0.717) is 11.4 Å². The van der Waals surface area contributed by atoms with Crippen LogP contribution in [0.3, 0.4) is 0 Å². The molecular formula is C11H22N2O2S. The Morgan fingerprint density at radius 1 is 1.69 bits per heavy atom. The molecule has 5 heteroatoms. The van der Waals surface area contributed by atoms with Gasteiger partial charge in [-0.2, -0.15) is 11.8 Å². The number of primary amides is 1. The van der Waals surface area contributed by atoms with Crippen LogP contribution in [-0.4, -0.2) is 42.2 Å². The lowest BCUT2D eigenvalue weighted by Crippen LogP contribution is -2.41. The zero-order valence-electron chi connectivity index (χ0n) is 10.1. The van der Waals surface area contributed by atoms with Gasteiger partial charge in [0.2, 0.25) is 5.91 Å². The van der Waals surface area contributed by atoms with E-state index < -0.39 is 0 Å². The minimum atomic E-state index is -0.252. The minimum Gasteiger partial charge on any atom is -0.377 e. The molecular weight excluding hydrogens is 224 g/mol. The molecule has 0 aliphatic carbocycles. The molecule has 0 saturated carbocycles. The van der Waals surface area contributed by atoms with Crippen LogP contribution in [0.2, 0.25) is 0 Å². The number of amides is 1. The Labute approximate surface area is 102 Å². The number of likely N-dealkylation sites (N-methyl/N-ethyl adjacent to an activating group) is 1.